The molecule has 3 aromatic carbocycles. The lowest BCUT2D eigenvalue weighted by Gasteiger charge is -2.20. The molecular weight excluding hydrogens is 612 g/mol. The summed E-state index contributed by atoms with van der Waals surface area (Å²) >= 11 is 7.54. The number of benzene rings is 3. The lowest BCUT2D eigenvalue weighted by molar-refractivity contribution is -0.114. The van der Waals surface area contributed by atoms with Crippen LogP contribution < -0.4 is 18.9 Å². The van der Waals surface area contributed by atoms with Gasteiger partial charge >= 0.3 is 0 Å². The highest BCUT2D eigenvalue weighted by Gasteiger charge is 2.36. The Morgan fingerprint density at radius 2 is 1.60 bits per heavy atom. The standard InChI is InChI=1S/C34H35ClN4O5S/c1-3-5-6-9-18-42-24-13-15-25(16-14-24)43-19-20-44-29-17-12-23(22-30(29)41-4-2)21-27-31(36)39-34(37-32(27)40)45-33(38-39)26-10-7-8-11-28(26)35/h7-8,10-17,21-22,36H,3-6,9,18-20H2,1-2H3/b27-21-,36-31?. The summed E-state index contributed by atoms with van der Waals surface area (Å²) in [7, 11) is 0. The van der Waals surface area contributed by atoms with Gasteiger partial charge in [-0.2, -0.15) is 15.1 Å². The van der Waals surface area contributed by atoms with E-state index in [4.69, 9.17) is 36.0 Å². The fourth-order valence-corrected chi connectivity index (χ4v) is 5.78. The van der Waals surface area contributed by atoms with Crippen LogP contribution in [0.1, 0.15) is 50.7 Å². The summed E-state index contributed by atoms with van der Waals surface area (Å²) in [6, 6.07) is 20.2. The number of unbranched alkanes of at least 4 members (excludes halogenated alkanes) is 3. The van der Waals surface area contributed by atoms with Crippen LogP contribution in [-0.4, -0.2) is 53.4 Å². The molecule has 9 nitrogen and oxygen atoms in total. The van der Waals surface area contributed by atoms with Gasteiger partial charge in [-0.15, -0.1) is 0 Å². The third-order valence-electron chi connectivity index (χ3n) is 6.84. The van der Waals surface area contributed by atoms with E-state index in [1.54, 1.807) is 30.3 Å². The van der Waals surface area contributed by atoms with Crippen molar-refractivity contribution >= 4 is 51.4 Å². The summed E-state index contributed by atoms with van der Waals surface area (Å²) in [5.74, 6) is 2.04. The first-order valence-electron chi connectivity index (χ1n) is 15.0. The van der Waals surface area contributed by atoms with Gasteiger partial charge in [-0.3, -0.25) is 10.2 Å². The fraction of sp³-hybridized carbons (Fsp3) is 0.294. The van der Waals surface area contributed by atoms with E-state index in [0.717, 1.165) is 24.5 Å². The minimum absolute atomic E-state index is 0.0680. The molecule has 2 aliphatic heterocycles. The smallest absolute Gasteiger partial charge is 0.283 e. The van der Waals surface area contributed by atoms with Crippen molar-refractivity contribution in [1.29, 1.82) is 5.41 Å². The predicted octanol–water partition coefficient (Wildman–Crippen LogP) is 7.82. The van der Waals surface area contributed by atoms with Crippen LogP contribution in [0.5, 0.6) is 23.0 Å². The van der Waals surface area contributed by atoms with Crippen LogP contribution in [0.4, 0.5) is 0 Å². The number of amides is 1. The van der Waals surface area contributed by atoms with Crippen molar-refractivity contribution in [2.75, 3.05) is 26.4 Å². The first-order chi connectivity index (χ1) is 22.0. The molecule has 0 aromatic heterocycles. The van der Waals surface area contributed by atoms with Gasteiger partial charge in [0.15, 0.2) is 17.3 Å². The Morgan fingerprint density at radius 3 is 2.33 bits per heavy atom. The zero-order chi connectivity index (χ0) is 31.6. The van der Waals surface area contributed by atoms with E-state index < -0.39 is 5.91 Å². The number of carbonyl (C=O) groups excluding carboxylic acids is 1. The molecule has 0 saturated carbocycles. The molecule has 11 heteroatoms. The van der Waals surface area contributed by atoms with Gasteiger partial charge in [0.2, 0.25) is 5.17 Å². The van der Waals surface area contributed by atoms with Crippen LogP contribution in [0.15, 0.2) is 82.4 Å². The van der Waals surface area contributed by atoms with Crippen LogP contribution in [0.25, 0.3) is 6.08 Å². The number of fused-ring (bicyclic) bond motifs is 1. The molecule has 5 rings (SSSR count). The van der Waals surface area contributed by atoms with Gasteiger partial charge in [0.05, 0.1) is 23.8 Å². The number of carbonyl (C=O) groups is 1. The van der Waals surface area contributed by atoms with Gasteiger partial charge in [0.1, 0.15) is 29.8 Å². The molecule has 0 spiro atoms. The van der Waals surface area contributed by atoms with Crippen molar-refractivity contribution in [1.82, 2.24) is 5.01 Å². The van der Waals surface area contributed by atoms with Gasteiger partial charge in [-0.25, -0.2) is 0 Å². The second kappa shape index (κ2) is 15.6. The quantitative estimate of drug-likeness (QED) is 0.133. The predicted molar refractivity (Wildman–Crippen MR) is 180 cm³/mol. The number of nitrogens with one attached hydrogen (secondary N) is 1. The number of hydrogen-bond donors (Lipinski definition) is 1. The van der Waals surface area contributed by atoms with Crippen LogP contribution in [-0.2, 0) is 4.79 Å². The van der Waals surface area contributed by atoms with Crippen LogP contribution in [0.2, 0.25) is 5.02 Å². The molecule has 0 fully saturated rings. The van der Waals surface area contributed by atoms with E-state index in [9.17, 15) is 4.79 Å². The van der Waals surface area contributed by atoms with Crippen molar-refractivity contribution in [3.8, 4) is 23.0 Å². The molecule has 0 radical (unpaired) electrons. The zero-order valence-corrected chi connectivity index (χ0v) is 26.8. The molecule has 2 aliphatic rings. The molecule has 0 atom stereocenters. The summed E-state index contributed by atoms with van der Waals surface area (Å²) in [6.45, 7) is 5.86. The number of aliphatic imine (C=N–C) groups is 1. The van der Waals surface area contributed by atoms with Crippen molar-refractivity contribution < 1.29 is 23.7 Å². The maximum Gasteiger partial charge on any atom is 0.283 e. The summed E-state index contributed by atoms with van der Waals surface area (Å²) < 4.78 is 23.4. The van der Waals surface area contributed by atoms with Crippen molar-refractivity contribution in [3.63, 3.8) is 0 Å². The number of halogens is 1. The third-order valence-corrected chi connectivity index (χ3v) is 8.11. The second-order valence-electron chi connectivity index (χ2n) is 10.1. The fourth-order valence-electron chi connectivity index (χ4n) is 4.57. The molecule has 0 bridgehead atoms. The van der Waals surface area contributed by atoms with E-state index in [0.29, 0.717) is 57.7 Å². The Labute approximate surface area is 272 Å². The Balaban J connectivity index is 1.19. The first-order valence-corrected chi connectivity index (χ1v) is 16.2. The summed E-state index contributed by atoms with van der Waals surface area (Å²) in [5.41, 5.74) is 1.48. The molecule has 234 valence electrons. The minimum Gasteiger partial charge on any atom is -0.494 e. The Bertz CT molecular complexity index is 1620. The molecule has 1 N–H and O–H groups in total. The van der Waals surface area contributed by atoms with E-state index in [1.807, 2.05) is 49.4 Å². The minimum atomic E-state index is -0.517. The first kappa shape index (κ1) is 32.1. The maximum atomic E-state index is 12.9. The molecule has 1 amide bonds. The number of hydrogen-bond acceptors (Lipinski definition) is 8. The highest BCUT2D eigenvalue weighted by molar-refractivity contribution is 8.27. The lowest BCUT2D eigenvalue weighted by Crippen LogP contribution is -2.35. The Kier molecular flexibility index (Phi) is 11.2. The molecule has 2 heterocycles. The number of nitrogens with zero attached hydrogens (tertiary/aromatic N) is 3. The SMILES string of the molecule is CCCCCCOc1ccc(OCCOc2ccc(/C=C3/C(=N)N4N=C(c5ccccc5Cl)SC4=NC3=O)cc2OCC)cc1. The number of amidine groups is 2. The molecule has 0 aliphatic carbocycles. The maximum absolute atomic E-state index is 12.9. The van der Waals surface area contributed by atoms with Crippen LogP contribution in [0.3, 0.4) is 0 Å². The van der Waals surface area contributed by atoms with E-state index >= 15 is 0 Å². The van der Waals surface area contributed by atoms with Crippen molar-refractivity contribution in [3.05, 3.63) is 88.5 Å². The Hall–Kier alpha value is -4.28. The number of thioether (sulfide) groups is 1. The average Bonchev–Trinajstić information content (AvgIpc) is 3.47. The average molecular weight is 647 g/mol. The molecule has 0 unspecified atom stereocenters. The van der Waals surface area contributed by atoms with Crippen LogP contribution in [0, 0.1) is 5.41 Å². The van der Waals surface area contributed by atoms with E-state index in [1.165, 1.54) is 36.0 Å². The van der Waals surface area contributed by atoms with Crippen LogP contribution >= 0.6 is 23.4 Å². The monoisotopic (exact) mass is 646 g/mol. The zero-order valence-electron chi connectivity index (χ0n) is 25.3. The van der Waals surface area contributed by atoms with Gasteiger partial charge in [-0.1, -0.05) is 62.1 Å². The normalized spacial score (nSPS) is 15.1. The van der Waals surface area contributed by atoms with E-state index in [-0.39, 0.29) is 11.4 Å². The van der Waals surface area contributed by atoms with Gasteiger partial charge < -0.3 is 18.9 Å². The summed E-state index contributed by atoms with van der Waals surface area (Å²) in [6.07, 6.45) is 6.29. The lowest BCUT2D eigenvalue weighted by atomic mass is 10.1. The van der Waals surface area contributed by atoms with Gasteiger partial charge in [0, 0.05) is 5.56 Å². The van der Waals surface area contributed by atoms with Gasteiger partial charge in [0.25, 0.3) is 5.91 Å². The molecule has 0 saturated heterocycles. The van der Waals surface area contributed by atoms with E-state index in [2.05, 4.69) is 17.0 Å². The molecule has 45 heavy (non-hydrogen) atoms. The molecular formula is C34H35ClN4O5S. The highest BCUT2D eigenvalue weighted by atomic mass is 35.5. The third kappa shape index (κ3) is 8.26. The van der Waals surface area contributed by atoms with Gasteiger partial charge in [-0.05, 0) is 79.2 Å². The largest absolute Gasteiger partial charge is 0.494 e. The number of rotatable bonds is 15. The molecule has 3 aromatic rings. The summed E-state index contributed by atoms with van der Waals surface area (Å²) in [5, 5.41) is 16.0. The second-order valence-corrected chi connectivity index (χ2v) is 11.5. The van der Waals surface area contributed by atoms with Crippen molar-refractivity contribution in [2.24, 2.45) is 10.1 Å². The number of ether oxygens (including phenoxy) is 4. The Morgan fingerprint density at radius 1 is 0.867 bits per heavy atom. The number of hydrazone groups is 1. The topological polar surface area (TPSA) is 106 Å². The summed E-state index contributed by atoms with van der Waals surface area (Å²) in [4.78, 5) is 17.1. The van der Waals surface area contributed by atoms with Crippen molar-refractivity contribution in [2.45, 2.75) is 39.5 Å². The highest BCUT2D eigenvalue weighted by Crippen LogP contribution is 2.34.